The molecular formula is C11H11N3O5S. The minimum absolute atomic E-state index is 0.0634. The van der Waals surface area contributed by atoms with E-state index in [0.29, 0.717) is 5.56 Å². The third-order valence-electron chi connectivity index (χ3n) is 2.41. The maximum absolute atomic E-state index is 11.8. The molecule has 1 aromatic heterocycles. The smallest absolute Gasteiger partial charge is 0.335 e. The number of nitrogens with zero attached hydrogens (tertiary/aromatic N) is 2. The highest BCUT2D eigenvalue weighted by Gasteiger charge is 2.13. The number of aromatic carboxylic acids is 1. The van der Waals surface area contributed by atoms with Crippen molar-refractivity contribution in [3.8, 4) is 0 Å². The molecule has 2 N–H and O–H groups in total. The fourth-order valence-corrected chi connectivity index (χ4v) is 2.54. The van der Waals surface area contributed by atoms with Crippen LogP contribution in [0, 0.1) is 0 Å². The SMILES string of the molecule is O=C(O)c1ccc(CS(=O)(=O)NCc2ncon2)cc1. The molecule has 9 heteroatoms. The van der Waals surface area contributed by atoms with Gasteiger partial charge in [0.1, 0.15) is 0 Å². The summed E-state index contributed by atoms with van der Waals surface area (Å²) in [5.74, 6) is -1.09. The van der Waals surface area contributed by atoms with Crippen LogP contribution in [0.5, 0.6) is 0 Å². The van der Waals surface area contributed by atoms with Gasteiger partial charge in [-0.25, -0.2) is 17.9 Å². The molecule has 1 aromatic carbocycles. The van der Waals surface area contributed by atoms with Gasteiger partial charge in [-0.3, -0.25) is 0 Å². The van der Waals surface area contributed by atoms with Gasteiger partial charge in [0.15, 0.2) is 5.82 Å². The standard InChI is InChI=1S/C11H11N3O5S/c15-11(16)9-3-1-8(2-4-9)6-20(17,18)13-5-10-12-7-19-14-10/h1-4,7,13H,5-6H2,(H,15,16). The van der Waals surface area contributed by atoms with E-state index in [1.165, 1.54) is 24.3 Å². The normalized spacial score (nSPS) is 11.4. The van der Waals surface area contributed by atoms with E-state index in [4.69, 9.17) is 5.11 Å². The molecule has 0 amide bonds. The number of carbonyl (C=O) groups is 1. The number of benzene rings is 1. The first-order valence-corrected chi connectivity index (χ1v) is 7.16. The van der Waals surface area contributed by atoms with E-state index in [2.05, 4.69) is 19.4 Å². The van der Waals surface area contributed by atoms with Crippen molar-refractivity contribution in [2.75, 3.05) is 0 Å². The van der Waals surface area contributed by atoms with Crippen LogP contribution in [0.2, 0.25) is 0 Å². The number of carboxylic acids is 1. The zero-order valence-electron chi connectivity index (χ0n) is 10.2. The third kappa shape index (κ3) is 3.87. The van der Waals surface area contributed by atoms with Gasteiger partial charge in [0.25, 0.3) is 0 Å². The molecule has 0 aliphatic rings. The maximum atomic E-state index is 11.8. The number of hydrogen-bond acceptors (Lipinski definition) is 6. The molecule has 106 valence electrons. The molecule has 0 bridgehead atoms. The van der Waals surface area contributed by atoms with Gasteiger partial charge in [0.05, 0.1) is 17.9 Å². The Kier molecular flexibility index (Phi) is 4.11. The third-order valence-corrected chi connectivity index (χ3v) is 3.71. The summed E-state index contributed by atoms with van der Waals surface area (Å²) >= 11 is 0. The molecule has 0 fully saturated rings. The molecule has 8 nitrogen and oxygen atoms in total. The van der Waals surface area contributed by atoms with Crippen LogP contribution in [0.1, 0.15) is 21.7 Å². The van der Waals surface area contributed by atoms with Crippen LogP contribution in [-0.2, 0) is 22.3 Å². The van der Waals surface area contributed by atoms with Crippen LogP contribution < -0.4 is 4.72 Å². The number of aromatic nitrogens is 2. The highest BCUT2D eigenvalue weighted by molar-refractivity contribution is 7.88. The summed E-state index contributed by atoms with van der Waals surface area (Å²) < 4.78 is 30.4. The van der Waals surface area contributed by atoms with Gasteiger partial charge in [-0.2, -0.15) is 4.98 Å². The van der Waals surface area contributed by atoms with E-state index in [9.17, 15) is 13.2 Å². The van der Waals surface area contributed by atoms with Gasteiger partial charge < -0.3 is 9.63 Å². The molecule has 0 radical (unpaired) electrons. The number of rotatable bonds is 6. The minimum atomic E-state index is -3.56. The molecule has 2 rings (SSSR count). The lowest BCUT2D eigenvalue weighted by atomic mass is 10.1. The van der Waals surface area contributed by atoms with E-state index in [1.807, 2.05) is 0 Å². The van der Waals surface area contributed by atoms with E-state index < -0.39 is 16.0 Å². The van der Waals surface area contributed by atoms with Gasteiger partial charge in [-0.1, -0.05) is 17.3 Å². The molecule has 0 unspecified atom stereocenters. The maximum Gasteiger partial charge on any atom is 0.335 e. The van der Waals surface area contributed by atoms with Crippen LogP contribution >= 0.6 is 0 Å². The molecule has 0 atom stereocenters. The monoisotopic (exact) mass is 297 g/mol. The Morgan fingerprint density at radius 2 is 2.00 bits per heavy atom. The summed E-state index contributed by atoms with van der Waals surface area (Å²) in [7, 11) is -3.56. The molecular weight excluding hydrogens is 286 g/mol. The first-order valence-electron chi connectivity index (χ1n) is 5.51. The molecule has 0 saturated carbocycles. The van der Waals surface area contributed by atoms with Crippen LogP contribution in [-0.4, -0.2) is 29.6 Å². The summed E-state index contributed by atoms with van der Waals surface area (Å²) in [5, 5.41) is 12.2. The topological polar surface area (TPSA) is 122 Å². The van der Waals surface area contributed by atoms with Gasteiger partial charge in [0.2, 0.25) is 16.4 Å². The van der Waals surface area contributed by atoms with Crippen molar-refractivity contribution in [1.29, 1.82) is 0 Å². The van der Waals surface area contributed by atoms with Gasteiger partial charge >= 0.3 is 5.97 Å². The number of carboxylic acid groups (broad SMARTS) is 1. The quantitative estimate of drug-likeness (QED) is 0.790. The summed E-state index contributed by atoms with van der Waals surface area (Å²) in [4.78, 5) is 14.4. The predicted molar refractivity (Wildman–Crippen MR) is 67.2 cm³/mol. The van der Waals surface area contributed by atoms with Gasteiger partial charge in [-0.15, -0.1) is 0 Å². The molecule has 2 aromatic rings. The lowest BCUT2D eigenvalue weighted by molar-refractivity contribution is 0.0697. The Hall–Kier alpha value is -2.26. The minimum Gasteiger partial charge on any atom is -0.478 e. The first-order chi connectivity index (χ1) is 9.46. The second kappa shape index (κ2) is 5.80. The van der Waals surface area contributed by atoms with Crippen LogP contribution in [0.25, 0.3) is 0 Å². The van der Waals surface area contributed by atoms with Crippen molar-refractivity contribution in [2.45, 2.75) is 12.3 Å². The van der Waals surface area contributed by atoms with Crippen LogP contribution in [0.15, 0.2) is 35.2 Å². The van der Waals surface area contributed by atoms with E-state index >= 15 is 0 Å². The molecule has 0 spiro atoms. The van der Waals surface area contributed by atoms with E-state index in [0.717, 1.165) is 6.39 Å². The lowest BCUT2D eigenvalue weighted by Gasteiger charge is -2.05. The van der Waals surface area contributed by atoms with E-state index in [1.54, 1.807) is 0 Å². The largest absolute Gasteiger partial charge is 0.478 e. The summed E-state index contributed by atoms with van der Waals surface area (Å²) in [6, 6.07) is 5.62. The Labute approximate surface area is 114 Å². The predicted octanol–water partition coefficient (Wildman–Crippen LogP) is 0.387. The number of nitrogens with one attached hydrogen (secondary N) is 1. The van der Waals surface area contributed by atoms with E-state index in [-0.39, 0.29) is 23.7 Å². The summed E-state index contributed by atoms with van der Waals surface area (Å²) in [6.45, 7) is -0.0634. The molecule has 0 saturated heterocycles. The van der Waals surface area contributed by atoms with Crippen molar-refractivity contribution >= 4 is 16.0 Å². The van der Waals surface area contributed by atoms with Crippen LogP contribution in [0.3, 0.4) is 0 Å². The second-order valence-corrected chi connectivity index (χ2v) is 5.74. The Balaban J connectivity index is 1.98. The second-order valence-electron chi connectivity index (χ2n) is 3.93. The average Bonchev–Trinajstić information content (AvgIpc) is 2.90. The average molecular weight is 297 g/mol. The summed E-state index contributed by atoms with van der Waals surface area (Å²) in [6.07, 6.45) is 1.11. The Morgan fingerprint density at radius 3 is 2.55 bits per heavy atom. The zero-order chi connectivity index (χ0) is 14.6. The molecule has 1 heterocycles. The van der Waals surface area contributed by atoms with Gasteiger partial charge in [0, 0.05) is 0 Å². The van der Waals surface area contributed by atoms with Crippen molar-refractivity contribution in [3.63, 3.8) is 0 Å². The van der Waals surface area contributed by atoms with Crippen molar-refractivity contribution in [2.24, 2.45) is 0 Å². The molecule has 20 heavy (non-hydrogen) atoms. The fourth-order valence-electron chi connectivity index (χ4n) is 1.46. The first kappa shape index (κ1) is 14.2. The van der Waals surface area contributed by atoms with Crippen molar-refractivity contribution in [1.82, 2.24) is 14.9 Å². The fraction of sp³-hybridized carbons (Fsp3) is 0.182. The van der Waals surface area contributed by atoms with Gasteiger partial charge in [-0.05, 0) is 17.7 Å². The van der Waals surface area contributed by atoms with Crippen molar-refractivity contribution < 1.29 is 22.8 Å². The zero-order valence-corrected chi connectivity index (χ0v) is 11.0. The number of hydrogen-bond donors (Lipinski definition) is 2. The highest BCUT2D eigenvalue weighted by Crippen LogP contribution is 2.08. The van der Waals surface area contributed by atoms with Crippen molar-refractivity contribution in [3.05, 3.63) is 47.6 Å². The number of sulfonamides is 1. The highest BCUT2D eigenvalue weighted by atomic mass is 32.2. The van der Waals surface area contributed by atoms with Crippen LogP contribution in [0.4, 0.5) is 0 Å². The lowest BCUT2D eigenvalue weighted by Crippen LogP contribution is -2.25. The molecule has 0 aliphatic heterocycles. The summed E-state index contributed by atoms with van der Waals surface area (Å²) in [5.41, 5.74) is 0.585. The Morgan fingerprint density at radius 1 is 1.30 bits per heavy atom. The Bertz CT molecular complexity index is 679. The molecule has 0 aliphatic carbocycles.